The Balaban J connectivity index is 2.08. The number of hydrogen-bond donors (Lipinski definition) is 1. The van der Waals surface area contributed by atoms with Crippen LogP contribution in [-0.4, -0.2) is 33.3 Å². The summed E-state index contributed by atoms with van der Waals surface area (Å²) >= 11 is 0. The Kier molecular flexibility index (Phi) is 7.49. The van der Waals surface area contributed by atoms with E-state index < -0.39 is 0 Å². The van der Waals surface area contributed by atoms with Crippen LogP contribution >= 0.6 is 0 Å². The third kappa shape index (κ3) is 5.89. The fourth-order valence-electron chi connectivity index (χ4n) is 2.63. The van der Waals surface area contributed by atoms with E-state index in [0.29, 0.717) is 23.9 Å². The summed E-state index contributed by atoms with van der Waals surface area (Å²) in [5.74, 6) is 1.41. The van der Waals surface area contributed by atoms with Crippen molar-refractivity contribution >= 4 is 11.6 Å². The van der Waals surface area contributed by atoms with Gasteiger partial charge in [-0.2, -0.15) is 0 Å². The molecule has 2 aromatic carbocycles. The van der Waals surface area contributed by atoms with E-state index in [2.05, 4.69) is 5.32 Å². The van der Waals surface area contributed by atoms with Crippen molar-refractivity contribution in [3.05, 3.63) is 47.5 Å². The number of ether oxygens (including phenoxy) is 4. The predicted octanol–water partition coefficient (Wildman–Crippen LogP) is 3.82. The van der Waals surface area contributed by atoms with Crippen molar-refractivity contribution in [2.24, 2.45) is 0 Å². The average molecular weight is 373 g/mol. The molecule has 0 aromatic heterocycles. The lowest BCUT2D eigenvalue weighted by molar-refractivity contribution is -0.115. The molecule has 0 aliphatic carbocycles. The number of carbonyl (C=O) groups is 1. The predicted molar refractivity (Wildman–Crippen MR) is 105 cm³/mol. The van der Waals surface area contributed by atoms with E-state index in [4.69, 9.17) is 18.9 Å². The van der Waals surface area contributed by atoms with E-state index in [1.165, 1.54) is 0 Å². The maximum absolute atomic E-state index is 12.5. The molecule has 146 valence electrons. The fraction of sp³-hybridized carbons (Fsp3) is 0.381. The zero-order chi connectivity index (χ0) is 19.8. The average Bonchev–Trinajstić information content (AvgIpc) is 2.65. The first-order valence-corrected chi connectivity index (χ1v) is 8.76. The summed E-state index contributed by atoms with van der Waals surface area (Å²) < 4.78 is 21.6. The van der Waals surface area contributed by atoms with Gasteiger partial charge in [0.05, 0.1) is 40.5 Å². The molecule has 1 N–H and O–H groups in total. The first-order valence-electron chi connectivity index (χ1n) is 8.76. The minimum absolute atomic E-state index is 0.133. The number of amides is 1. The Bertz CT molecular complexity index is 748. The van der Waals surface area contributed by atoms with Gasteiger partial charge < -0.3 is 24.3 Å². The maximum atomic E-state index is 12.5. The van der Waals surface area contributed by atoms with E-state index in [9.17, 15) is 4.79 Å². The van der Waals surface area contributed by atoms with Crippen LogP contribution in [0, 0.1) is 0 Å². The van der Waals surface area contributed by atoms with Crippen LogP contribution in [-0.2, 0) is 22.6 Å². The Morgan fingerprint density at radius 3 is 2.19 bits per heavy atom. The van der Waals surface area contributed by atoms with Crippen LogP contribution in [0.4, 0.5) is 5.69 Å². The Hall–Kier alpha value is -2.73. The molecule has 2 aromatic rings. The van der Waals surface area contributed by atoms with Gasteiger partial charge >= 0.3 is 0 Å². The third-order valence-electron chi connectivity index (χ3n) is 3.88. The molecule has 0 radical (unpaired) electrons. The minimum atomic E-state index is -0.133. The molecule has 0 fully saturated rings. The van der Waals surface area contributed by atoms with Crippen LogP contribution < -0.4 is 19.5 Å². The highest BCUT2D eigenvalue weighted by Gasteiger charge is 2.15. The summed E-state index contributed by atoms with van der Waals surface area (Å²) in [6, 6.07) is 11.2. The summed E-state index contributed by atoms with van der Waals surface area (Å²) in [7, 11) is 4.64. The SMILES string of the molecule is COc1cc(CC(=O)Nc2cccc(COC(C)C)c2)cc(OC)c1OC. The normalized spacial score (nSPS) is 10.6. The molecule has 0 aliphatic rings. The lowest BCUT2D eigenvalue weighted by Crippen LogP contribution is -2.15. The molecule has 6 heteroatoms. The molecule has 6 nitrogen and oxygen atoms in total. The van der Waals surface area contributed by atoms with Crippen LogP contribution in [0.15, 0.2) is 36.4 Å². The van der Waals surface area contributed by atoms with Crippen molar-refractivity contribution in [2.75, 3.05) is 26.6 Å². The van der Waals surface area contributed by atoms with Crippen LogP contribution in [0.2, 0.25) is 0 Å². The summed E-state index contributed by atoms with van der Waals surface area (Å²) in [4.78, 5) is 12.5. The number of hydrogen-bond acceptors (Lipinski definition) is 5. The van der Waals surface area contributed by atoms with Crippen molar-refractivity contribution in [3.8, 4) is 17.2 Å². The van der Waals surface area contributed by atoms with E-state index in [1.54, 1.807) is 33.5 Å². The monoisotopic (exact) mass is 373 g/mol. The van der Waals surface area contributed by atoms with Gasteiger partial charge in [0.25, 0.3) is 0 Å². The second kappa shape index (κ2) is 9.83. The van der Waals surface area contributed by atoms with Gasteiger partial charge in [0.15, 0.2) is 11.5 Å². The topological polar surface area (TPSA) is 66.0 Å². The maximum Gasteiger partial charge on any atom is 0.228 e. The van der Waals surface area contributed by atoms with Crippen LogP contribution in [0.3, 0.4) is 0 Å². The fourth-order valence-corrected chi connectivity index (χ4v) is 2.63. The summed E-state index contributed by atoms with van der Waals surface area (Å²) in [6.45, 7) is 4.49. The van der Waals surface area contributed by atoms with Crippen molar-refractivity contribution in [1.29, 1.82) is 0 Å². The molecule has 27 heavy (non-hydrogen) atoms. The Labute approximate surface area is 160 Å². The van der Waals surface area contributed by atoms with E-state index >= 15 is 0 Å². The summed E-state index contributed by atoms with van der Waals surface area (Å²) in [6.07, 6.45) is 0.340. The highest BCUT2D eigenvalue weighted by molar-refractivity contribution is 5.92. The highest BCUT2D eigenvalue weighted by Crippen LogP contribution is 2.38. The van der Waals surface area contributed by atoms with Gasteiger partial charge in [-0.1, -0.05) is 12.1 Å². The van der Waals surface area contributed by atoms with Gasteiger partial charge in [-0.25, -0.2) is 0 Å². The lowest BCUT2D eigenvalue weighted by atomic mass is 10.1. The molecule has 2 rings (SSSR count). The number of anilines is 1. The summed E-state index contributed by atoms with van der Waals surface area (Å²) in [5, 5.41) is 2.91. The molecular weight excluding hydrogens is 346 g/mol. The zero-order valence-corrected chi connectivity index (χ0v) is 16.5. The van der Waals surface area contributed by atoms with Gasteiger partial charge in [-0.15, -0.1) is 0 Å². The minimum Gasteiger partial charge on any atom is -0.493 e. The molecule has 0 spiro atoms. The number of methoxy groups -OCH3 is 3. The largest absolute Gasteiger partial charge is 0.493 e. The number of carbonyl (C=O) groups excluding carboxylic acids is 1. The smallest absolute Gasteiger partial charge is 0.228 e. The molecule has 0 saturated carbocycles. The van der Waals surface area contributed by atoms with Gasteiger partial charge in [-0.05, 0) is 49.2 Å². The standard InChI is InChI=1S/C21H27NO5/c1-14(2)27-13-15-7-6-8-17(9-15)22-20(23)12-16-10-18(24-3)21(26-5)19(11-16)25-4/h6-11,14H,12-13H2,1-5H3,(H,22,23). The van der Waals surface area contributed by atoms with Crippen LogP contribution in [0.5, 0.6) is 17.2 Å². The van der Waals surface area contributed by atoms with E-state index in [-0.39, 0.29) is 18.4 Å². The van der Waals surface area contributed by atoms with Crippen LogP contribution in [0.1, 0.15) is 25.0 Å². The quantitative estimate of drug-likeness (QED) is 0.724. The zero-order valence-electron chi connectivity index (χ0n) is 16.5. The van der Waals surface area contributed by atoms with Crippen molar-refractivity contribution in [3.63, 3.8) is 0 Å². The highest BCUT2D eigenvalue weighted by atomic mass is 16.5. The second-order valence-electron chi connectivity index (χ2n) is 6.32. The molecule has 0 heterocycles. The van der Waals surface area contributed by atoms with Crippen molar-refractivity contribution < 1.29 is 23.7 Å². The van der Waals surface area contributed by atoms with Crippen LogP contribution in [0.25, 0.3) is 0 Å². The van der Waals surface area contributed by atoms with Crippen molar-refractivity contribution in [2.45, 2.75) is 33.0 Å². The van der Waals surface area contributed by atoms with E-state index in [0.717, 1.165) is 16.8 Å². The first-order chi connectivity index (χ1) is 13.0. The summed E-state index contributed by atoms with van der Waals surface area (Å²) in [5.41, 5.74) is 2.51. The van der Waals surface area contributed by atoms with Gasteiger partial charge in [-0.3, -0.25) is 4.79 Å². The van der Waals surface area contributed by atoms with Gasteiger partial charge in [0.2, 0.25) is 11.7 Å². The number of benzene rings is 2. The molecule has 0 unspecified atom stereocenters. The van der Waals surface area contributed by atoms with Crippen molar-refractivity contribution in [1.82, 2.24) is 0 Å². The molecule has 0 aliphatic heterocycles. The second-order valence-corrected chi connectivity index (χ2v) is 6.32. The number of rotatable bonds is 9. The van der Waals surface area contributed by atoms with Gasteiger partial charge in [0.1, 0.15) is 0 Å². The molecule has 1 amide bonds. The van der Waals surface area contributed by atoms with E-state index in [1.807, 2.05) is 38.1 Å². The Morgan fingerprint density at radius 2 is 1.63 bits per heavy atom. The number of nitrogens with one attached hydrogen (secondary N) is 1. The molecule has 0 atom stereocenters. The molecular formula is C21H27NO5. The third-order valence-corrected chi connectivity index (χ3v) is 3.88. The molecule has 0 bridgehead atoms. The lowest BCUT2D eigenvalue weighted by Gasteiger charge is -2.14. The first kappa shape index (κ1) is 20.6. The van der Waals surface area contributed by atoms with Gasteiger partial charge in [0, 0.05) is 5.69 Å². The molecule has 0 saturated heterocycles. The Morgan fingerprint density at radius 1 is 0.963 bits per heavy atom.